The minimum Gasteiger partial charge on any atom is -0.479 e. The van der Waals surface area contributed by atoms with E-state index in [1.54, 1.807) is 13.8 Å². The summed E-state index contributed by atoms with van der Waals surface area (Å²) in [4.78, 5) is 22.4. The largest absolute Gasteiger partial charge is 0.479 e. The highest BCUT2D eigenvalue weighted by Crippen LogP contribution is 2.51. The van der Waals surface area contributed by atoms with Gasteiger partial charge in [0.1, 0.15) is 5.54 Å². The lowest BCUT2D eigenvalue weighted by Crippen LogP contribution is -2.75. The highest BCUT2D eigenvalue weighted by molar-refractivity contribution is 5.88. The summed E-state index contributed by atoms with van der Waals surface area (Å²) in [5, 5.41) is 11.8. The zero-order valence-electron chi connectivity index (χ0n) is 10.2. The predicted octanol–water partition coefficient (Wildman–Crippen LogP) is 0.781. The van der Waals surface area contributed by atoms with Gasteiger partial charge in [-0.05, 0) is 6.92 Å². The second-order valence-electron chi connectivity index (χ2n) is 4.76. The molecule has 0 aliphatic heterocycles. The second-order valence-corrected chi connectivity index (χ2v) is 4.76. The summed E-state index contributed by atoms with van der Waals surface area (Å²) < 4.78 is 5.47. The molecule has 1 aliphatic rings. The lowest BCUT2D eigenvalue weighted by atomic mass is 9.54. The Kier molecular flexibility index (Phi) is 3.28. The van der Waals surface area contributed by atoms with Gasteiger partial charge in [0.05, 0.1) is 6.10 Å². The van der Waals surface area contributed by atoms with Crippen LogP contribution in [0, 0.1) is 5.41 Å². The first kappa shape index (κ1) is 13.0. The number of amides is 1. The van der Waals surface area contributed by atoms with Crippen LogP contribution in [-0.2, 0) is 14.3 Å². The van der Waals surface area contributed by atoms with Gasteiger partial charge in [-0.1, -0.05) is 13.8 Å². The van der Waals surface area contributed by atoms with Crippen molar-refractivity contribution in [2.75, 3.05) is 6.61 Å². The third-order valence-corrected chi connectivity index (χ3v) is 3.52. The SMILES string of the molecule is CCOC1CC(NC(C)=O)(C(=O)O)C1(C)C. The van der Waals surface area contributed by atoms with Gasteiger partial charge in [0.2, 0.25) is 5.91 Å². The van der Waals surface area contributed by atoms with E-state index in [0.29, 0.717) is 13.0 Å². The topological polar surface area (TPSA) is 75.6 Å². The first-order valence-electron chi connectivity index (χ1n) is 5.41. The molecule has 92 valence electrons. The Balaban J connectivity index is 2.91. The molecule has 1 saturated carbocycles. The van der Waals surface area contributed by atoms with Gasteiger partial charge in [-0.3, -0.25) is 4.79 Å². The minimum absolute atomic E-state index is 0.125. The number of aliphatic carboxylic acids is 1. The normalized spacial score (nSPS) is 31.6. The van der Waals surface area contributed by atoms with Crippen molar-refractivity contribution >= 4 is 11.9 Å². The molecular weight excluding hydrogens is 210 g/mol. The number of carboxylic acids is 1. The van der Waals surface area contributed by atoms with Crippen molar-refractivity contribution < 1.29 is 19.4 Å². The average Bonchev–Trinajstić information content (AvgIpc) is 2.14. The van der Waals surface area contributed by atoms with E-state index in [1.165, 1.54) is 6.92 Å². The first-order valence-corrected chi connectivity index (χ1v) is 5.41. The molecule has 0 aromatic heterocycles. The van der Waals surface area contributed by atoms with Crippen LogP contribution in [0.3, 0.4) is 0 Å². The predicted molar refractivity (Wildman–Crippen MR) is 58.0 cm³/mol. The molecule has 0 radical (unpaired) electrons. The van der Waals surface area contributed by atoms with Crippen LogP contribution >= 0.6 is 0 Å². The van der Waals surface area contributed by atoms with Crippen molar-refractivity contribution in [3.05, 3.63) is 0 Å². The Labute approximate surface area is 95.2 Å². The third-order valence-electron chi connectivity index (χ3n) is 3.52. The standard InChI is InChI=1S/C11H19NO4/c1-5-16-8-6-11(9(14)15,10(8,3)4)12-7(2)13/h8H,5-6H2,1-4H3,(H,12,13)(H,14,15). The smallest absolute Gasteiger partial charge is 0.330 e. The average molecular weight is 229 g/mol. The number of carbonyl (C=O) groups is 2. The fourth-order valence-corrected chi connectivity index (χ4v) is 2.34. The molecule has 0 aromatic rings. The van der Waals surface area contributed by atoms with Gasteiger partial charge in [-0.2, -0.15) is 0 Å². The zero-order chi connectivity index (χ0) is 12.6. The molecule has 16 heavy (non-hydrogen) atoms. The van der Waals surface area contributed by atoms with Crippen LogP contribution in [0.25, 0.3) is 0 Å². The molecule has 1 rings (SSSR count). The second kappa shape index (κ2) is 4.05. The Bertz CT molecular complexity index is 313. The number of ether oxygens (including phenoxy) is 1. The van der Waals surface area contributed by atoms with Gasteiger partial charge in [0.15, 0.2) is 0 Å². The first-order chi connectivity index (χ1) is 7.28. The zero-order valence-corrected chi connectivity index (χ0v) is 10.2. The number of hydrogen-bond donors (Lipinski definition) is 2. The minimum atomic E-state index is -1.20. The van der Waals surface area contributed by atoms with Gasteiger partial charge in [-0.25, -0.2) is 4.79 Å². The molecule has 0 aromatic carbocycles. The van der Waals surface area contributed by atoms with E-state index in [0.717, 1.165) is 0 Å². The summed E-state index contributed by atoms with van der Waals surface area (Å²) in [5.41, 5.74) is -1.79. The maximum absolute atomic E-state index is 11.3. The summed E-state index contributed by atoms with van der Waals surface area (Å²) in [7, 11) is 0. The van der Waals surface area contributed by atoms with Crippen molar-refractivity contribution in [1.29, 1.82) is 0 Å². The van der Waals surface area contributed by atoms with Crippen LogP contribution in [-0.4, -0.2) is 35.2 Å². The molecule has 2 atom stereocenters. The van der Waals surface area contributed by atoms with Crippen LogP contribution in [0.4, 0.5) is 0 Å². The van der Waals surface area contributed by atoms with Crippen LogP contribution in [0.1, 0.15) is 34.1 Å². The summed E-state index contributed by atoms with van der Waals surface area (Å²) in [6, 6.07) is 0. The number of nitrogens with one attached hydrogen (secondary N) is 1. The van der Waals surface area contributed by atoms with E-state index in [2.05, 4.69) is 5.32 Å². The summed E-state index contributed by atoms with van der Waals surface area (Å²) in [6.45, 7) is 7.36. The van der Waals surface area contributed by atoms with Crippen molar-refractivity contribution in [2.45, 2.75) is 45.8 Å². The van der Waals surface area contributed by atoms with Crippen LogP contribution in [0.5, 0.6) is 0 Å². The molecule has 5 heteroatoms. The Morgan fingerprint density at radius 3 is 2.38 bits per heavy atom. The fourth-order valence-electron chi connectivity index (χ4n) is 2.34. The van der Waals surface area contributed by atoms with Gasteiger partial charge in [0, 0.05) is 25.4 Å². The summed E-state index contributed by atoms with van der Waals surface area (Å²) in [6.07, 6.45) is 0.198. The van der Waals surface area contributed by atoms with Gasteiger partial charge < -0.3 is 15.2 Å². The Morgan fingerprint density at radius 1 is 1.50 bits per heavy atom. The van der Waals surface area contributed by atoms with E-state index in [4.69, 9.17) is 4.74 Å². The van der Waals surface area contributed by atoms with E-state index in [-0.39, 0.29) is 12.0 Å². The lowest BCUT2D eigenvalue weighted by molar-refractivity contribution is -0.194. The molecule has 1 fully saturated rings. The van der Waals surface area contributed by atoms with E-state index in [1.807, 2.05) is 6.92 Å². The van der Waals surface area contributed by atoms with Gasteiger partial charge in [0.25, 0.3) is 0 Å². The monoisotopic (exact) mass is 229 g/mol. The van der Waals surface area contributed by atoms with Crippen molar-refractivity contribution in [1.82, 2.24) is 5.32 Å². The van der Waals surface area contributed by atoms with Gasteiger partial charge in [-0.15, -0.1) is 0 Å². The maximum atomic E-state index is 11.3. The van der Waals surface area contributed by atoms with Gasteiger partial charge >= 0.3 is 5.97 Å². The highest BCUT2D eigenvalue weighted by atomic mass is 16.5. The fraction of sp³-hybridized carbons (Fsp3) is 0.818. The molecule has 0 spiro atoms. The lowest BCUT2D eigenvalue weighted by Gasteiger charge is -2.58. The molecule has 0 saturated heterocycles. The molecular formula is C11H19NO4. The number of carboxylic acid groups (broad SMARTS) is 1. The summed E-state index contributed by atoms with van der Waals surface area (Å²) in [5.74, 6) is -1.32. The molecule has 1 aliphatic carbocycles. The van der Waals surface area contributed by atoms with E-state index in [9.17, 15) is 14.7 Å². The van der Waals surface area contributed by atoms with E-state index < -0.39 is 16.9 Å². The van der Waals surface area contributed by atoms with Crippen LogP contribution in [0.2, 0.25) is 0 Å². The highest BCUT2D eigenvalue weighted by Gasteiger charge is 2.66. The molecule has 5 nitrogen and oxygen atoms in total. The van der Waals surface area contributed by atoms with Crippen LogP contribution < -0.4 is 5.32 Å². The number of carbonyl (C=O) groups excluding carboxylic acids is 1. The summed E-state index contributed by atoms with van der Waals surface area (Å²) >= 11 is 0. The Hall–Kier alpha value is -1.10. The molecule has 1 amide bonds. The maximum Gasteiger partial charge on any atom is 0.330 e. The van der Waals surface area contributed by atoms with Crippen LogP contribution in [0.15, 0.2) is 0 Å². The molecule has 0 heterocycles. The molecule has 2 N–H and O–H groups in total. The molecule has 0 bridgehead atoms. The van der Waals surface area contributed by atoms with Crippen molar-refractivity contribution in [3.8, 4) is 0 Å². The van der Waals surface area contributed by atoms with Crippen molar-refractivity contribution in [3.63, 3.8) is 0 Å². The quantitative estimate of drug-likeness (QED) is 0.747. The molecule has 2 unspecified atom stereocenters. The number of hydrogen-bond acceptors (Lipinski definition) is 3. The van der Waals surface area contributed by atoms with E-state index >= 15 is 0 Å². The Morgan fingerprint density at radius 2 is 2.06 bits per heavy atom. The number of rotatable bonds is 4. The van der Waals surface area contributed by atoms with Crippen molar-refractivity contribution in [2.24, 2.45) is 5.41 Å². The third kappa shape index (κ3) is 1.69.